The molecule has 0 radical (unpaired) electrons. The lowest BCUT2D eigenvalue weighted by molar-refractivity contribution is 0.166. The maximum absolute atomic E-state index is 5.94. The van der Waals surface area contributed by atoms with Crippen LogP contribution in [-0.4, -0.2) is 33.1 Å². The molecule has 0 aliphatic carbocycles. The van der Waals surface area contributed by atoms with Crippen LogP contribution in [-0.2, 0) is 13.6 Å². The number of nitrogens with zero attached hydrogens (tertiary/aromatic N) is 3. The number of alkyl halides is 1. The fourth-order valence-corrected chi connectivity index (χ4v) is 1.58. The van der Waals surface area contributed by atoms with Crippen LogP contribution in [0.4, 0.5) is 0 Å². The molecule has 1 aromatic heterocycles. The van der Waals surface area contributed by atoms with Gasteiger partial charge in [0, 0.05) is 25.0 Å². The first-order valence-corrected chi connectivity index (χ1v) is 5.67. The Morgan fingerprint density at radius 3 is 2.53 bits per heavy atom. The average molecular weight is 230 g/mol. The molecule has 0 bridgehead atoms. The molecule has 1 heterocycles. The normalized spacial score (nSPS) is 12.5. The molecule has 0 aromatic carbocycles. The number of rotatable bonds is 4. The van der Waals surface area contributed by atoms with Crippen molar-refractivity contribution in [3.8, 4) is 0 Å². The third kappa shape index (κ3) is 2.95. The molecule has 4 heteroatoms. The van der Waals surface area contributed by atoms with Crippen LogP contribution in [0.25, 0.3) is 0 Å². The Bertz CT molecular complexity index is 331. The van der Waals surface area contributed by atoms with Crippen molar-refractivity contribution in [1.29, 1.82) is 0 Å². The molecule has 0 saturated carbocycles. The van der Waals surface area contributed by atoms with Gasteiger partial charge in [-0.2, -0.15) is 5.10 Å². The van der Waals surface area contributed by atoms with E-state index in [9.17, 15) is 0 Å². The minimum absolute atomic E-state index is 0.0136. The quantitative estimate of drug-likeness (QED) is 0.738. The molecule has 0 spiro atoms. The monoisotopic (exact) mass is 229 g/mol. The number of hydrogen-bond donors (Lipinski definition) is 0. The number of halogens is 1. The van der Waals surface area contributed by atoms with Crippen LogP contribution in [0.1, 0.15) is 25.2 Å². The van der Waals surface area contributed by atoms with Gasteiger partial charge in [-0.05, 0) is 33.9 Å². The molecule has 86 valence electrons. The maximum atomic E-state index is 5.94. The van der Waals surface area contributed by atoms with Gasteiger partial charge < -0.3 is 0 Å². The van der Waals surface area contributed by atoms with Gasteiger partial charge in [-0.15, -0.1) is 11.6 Å². The van der Waals surface area contributed by atoms with E-state index in [0.717, 1.165) is 12.2 Å². The molecule has 15 heavy (non-hydrogen) atoms. The van der Waals surface area contributed by atoms with Gasteiger partial charge in [0.25, 0.3) is 0 Å². The summed E-state index contributed by atoms with van der Waals surface area (Å²) < 4.78 is 1.93. The number of aryl methyl sites for hydroxylation is 2. The Kier molecular flexibility index (Phi) is 3.79. The van der Waals surface area contributed by atoms with E-state index < -0.39 is 0 Å². The minimum Gasteiger partial charge on any atom is -0.294 e. The third-order valence-electron chi connectivity index (χ3n) is 2.86. The first kappa shape index (κ1) is 12.5. The average Bonchev–Trinajstić information content (AvgIpc) is 2.45. The standard InChI is InChI=1S/C11H20ClN3/c1-9-6-10(15(5)13-9)7-14(4)11(2,3)8-12/h6H,7-8H2,1-5H3. The van der Waals surface area contributed by atoms with Gasteiger partial charge in [0.1, 0.15) is 0 Å². The van der Waals surface area contributed by atoms with E-state index in [1.54, 1.807) is 0 Å². The fourth-order valence-electron chi connectivity index (χ4n) is 1.37. The summed E-state index contributed by atoms with van der Waals surface area (Å²) in [6.07, 6.45) is 0. The number of aromatic nitrogens is 2. The van der Waals surface area contributed by atoms with Crippen molar-refractivity contribution in [3.05, 3.63) is 17.5 Å². The van der Waals surface area contributed by atoms with Gasteiger partial charge in [0.15, 0.2) is 0 Å². The molecular formula is C11H20ClN3. The minimum atomic E-state index is 0.0136. The van der Waals surface area contributed by atoms with Crippen LogP contribution in [0.15, 0.2) is 6.07 Å². The first-order valence-electron chi connectivity index (χ1n) is 5.13. The zero-order chi connectivity index (χ0) is 11.6. The second-order valence-corrected chi connectivity index (χ2v) is 4.97. The Morgan fingerprint density at radius 2 is 2.13 bits per heavy atom. The zero-order valence-electron chi connectivity index (χ0n) is 10.2. The molecule has 0 aliphatic heterocycles. The summed E-state index contributed by atoms with van der Waals surface area (Å²) >= 11 is 5.94. The summed E-state index contributed by atoms with van der Waals surface area (Å²) in [6, 6.07) is 2.11. The van der Waals surface area contributed by atoms with Gasteiger partial charge >= 0.3 is 0 Å². The van der Waals surface area contributed by atoms with E-state index in [0.29, 0.717) is 5.88 Å². The van der Waals surface area contributed by atoms with E-state index >= 15 is 0 Å². The van der Waals surface area contributed by atoms with Crippen molar-refractivity contribution in [2.24, 2.45) is 7.05 Å². The molecule has 3 nitrogen and oxygen atoms in total. The summed E-state index contributed by atoms with van der Waals surface area (Å²) in [4.78, 5) is 2.25. The molecule has 0 unspecified atom stereocenters. The predicted molar refractivity (Wildman–Crippen MR) is 64.2 cm³/mol. The van der Waals surface area contributed by atoms with Gasteiger partial charge in [-0.25, -0.2) is 0 Å². The summed E-state index contributed by atoms with van der Waals surface area (Å²) in [5, 5.41) is 4.33. The van der Waals surface area contributed by atoms with E-state index in [1.807, 2.05) is 18.7 Å². The Hall–Kier alpha value is -0.540. The summed E-state index contributed by atoms with van der Waals surface area (Å²) in [5.74, 6) is 0.625. The first-order chi connectivity index (χ1) is 6.86. The fraction of sp³-hybridized carbons (Fsp3) is 0.727. The molecule has 0 N–H and O–H groups in total. The van der Waals surface area contributed by atoms with Crippen molar-refractivity contribution >= 4 is 11.6 Å². The summed E-state index contributed by atoms with van der Waals surface area (Å²) in [7, 11) is 4.06. The van der Waals surface area contributed by atoms with Crippen molar-refractivity contribution in [2.75, 3.05) is 12.9 Å². The molecule has 0 saturated heterocycles. The van der Waals surface area contributed by atoms with Crippen molar-refractivity contribution in [3.63, 3.8) is 0 Å². The highest BCUT2D eigenvalue weighted by atomic mass is 35.5. The summed E-state index contributed by atoms with van der Waals surface area (Å²) in [5.41, 5.74) is 2.29. The van der Waals surface area contributed by atoms with E-state index in [2.05, 4.69) is 37.0 Å². The van der Waals surface area contributed by atoms with Crippen LogP contribution in [0.5, 0.6) is 0 Å². The lowest BCUT2D eigenvalue weighted by atomic mass is 10.1. The van der Waals surface area contributed by atoms with E-state index in [4.69, 9.17) is 11.6 Å². The van der Waals surface area contributed by atoms with Crippen molar-refractivity contribution < 1.29 is 0 Å². The number of hydrogen-bond acceptors (Lipinski definition) is 2. The van der Waals surface area contributed by atoms with Crippen LogP contribution < -0.4 is 0 Å². The van der Waals surface area contributed by atoms with Gasteiger partial charge in [-0.3, -0.25) is 9.58 Å². The van der Waals surface area contributed by atoms with E-state index in [1.165, 1.54) is 5.69 Å². The predicted octanol–water partition coefficient (Wildman–Crippen LogP) is 2.18. The van der Waals surface area contributed by atoms with Crippen molar-refractivity contribution in [2.45, 2.75) is 32.9 Å². The van der Waals surface area contributed by atoms with Crippen LogP contribution >= 0.6 is 11.6 Å². The maximum Gasteiger partial charge on any atom is 0.0597 e. The van der Waals surface area contributed by atoms with Crippen LogP contribution in [0.2, 0.25) is 0 Å². The zero-order valence-corrected chi connectivity index (χ0v) is 11.0. The molecule has 0 atom stereocenters. The van der Waals surface area contributed by atoms with Gasteiger partial charge in [-0.1, -0.05) is 0 Å². The highest BCUT2D eigenvalue weighted by Crippen LogP contribution is 2.17. The summed E-state index contributed by atoms with van der Waals surface area (Å²) in [6.45, 7) is 7.17. The van der Waals surface area contributed by atoms with E-state index in [-0.39, 0.29) is 5.54 Å². The second-order valence-electron chi connectivity index (χ2n) is 4.70. The third-order valence-corrected chi connectivity index (χ3v) is 3.51. The van der Waals surface area contributed by atoms with Gasteiger partial charge in [0.05, 0.1) is 11.4 Å². The Labute approximate surface area is 97.0 Å². The highest BCUT2D eigenvalue weighted by Gasteiger charge is 2.23. The lowest BCUT2D eigenvalue weighted by Crippen LogP contribution is -2.42. The Balaban J connectivity index is 2.74. The lowest BCUT2D eigenvalue weighted by Gasteiger charge is -2.33. The molecule has 1 aromatic rings. The van der Waals surface area contributed by atoms with Crippen LogP contribution in [0, 0.1) is 6.92 Å². The van der Waals surface area contributed by atoms with Crippen molar-refractivity contribution in [1.82, 2.24) is 14.7 Å². The molecule has 0 aliphatic rings. The highest BCUT2D eigenvalue weighted by molar-refractivity contribution is 6.18. The van der Waals surface area contributed by atoms with Crippen LogP contribution in [0.3, 0.4) is 0 Å². The smallest absolute Gasteiger partial charge is 0.0597 e. The molecule has 0 fully saturated rings. The SMILES string of the molecule is Cc1cc(CN(C)C(C)(C)CCl)n(C)n1. The molecular weight excluding hydrogens is 210 g/mol. The second kappa shape index (κ2) is 4.54. The molecule has 1 rings (SSSR count). The Morgan fingerprint density at radius 1 is 1.53 bits per heavy atom. The van der Waals surface area contributed by atoms with Gasteiger partial charge in [0.2, 0.25) is 0 Å². The topological polar surface area (TPSA) is 21.1 Å². The molecule has 0 amide bonds. The largest absolute Gasteiger partial charge is 0.294 e.